The lowest BCUT2D eigenvalue weighted by Gasteiger charge is -2.06. The molecule has 1 aromatic heterocycles. The summed E-state index contributed by atoms with van der Waals surface area (Å²) in [7, 11) is 0. The van der Waals surface area contributed by atoms with Gasteiger partial charge in [0.15, 0.2) is 0 Å². The number of hydrogen-bond acceptors (Lipinski definition) is 5. The normalized spacial score (nSPS) is 10.2. The summed E-state index contributed by atoms with van der Waals surface area (Å²) in [4.78, 5) is 22.2. The molecule has 1 heterocycles. The molecular formula is C10H8FN5O3. The minimum Gasteiger partial charge on any atom is -0.478 e. The molecule has 98 valence electrons. The Morgan fingerprint density at radius 2 is 2.21 bits per heavy atom. The lowest BCUT2D eigenvalue weighted by atomic mass is 10.2. The molecule has 0 saturated heterocycles. The number of carboxylic acid groups (broad SMARTS) is 1. The highest BCUT2D eigenvalue weighted by molar-refractivity contribution is 5.92. The first-order valence-corrected chi connectivity index (χ1v) is 5.10. The van der Waals surface area contributed by atoms with Gasteiger partial charge in [0, 0.05) is 0 Å². The van der Waals surface area contributed by atoms with Gasteiger partial charge in [-0.1, -0.05) is 0 Å². The first kappa shape index (κ1) is 12.6. The first-order chi connectivity index (χ1) is 9.06. The summed E-state index contributed by atoms with van der Waals surface area (Å²) in [5.74, 6) is -2.61. The number of benzene rings is 1. The molecular weight excluding hydrogens is 257 g/mol. The van der Waals surface area contributed by atoms with Crippen LogP contribution in [0.5, 0.6) is 0 Å². The van der Waals surface area contributed by atoms with Gasteiger partial charge in [-0.2, -0.15) is 0 Å². The minimum atomic E-state index is -1.24. The van der Waals surface area contributed by atoms with Crippen molar-refractivity contribution >= 4 is 17.6 Å². The van der Waals surface area contributed by atoms with Crippen LogP contribution in [0.3, 0.4) is 0 Å². The van der Waals surface area contributed by atoms with E-state index in [0.717, 1.165) is 6.07 Å². The fraction of sp³-hybridized carbons (Fsp3) is 0.100. The third-order valence-electron chi connectivity index (χ3n) is 2.19. The molecule has 0 fully saturated rings. The van der Waals surface area contributed by atoms with E-state index in [1.54, 1.807) is 0 Å². The molecule has 0 saturated carbocycles. The molecule has 0 aliphatic rings. The quantitative estimate of drug-likeness (QED) is 0.814. The number of hydrogen-bond donors (Lipinski definition) is 2. The summed E-state index contributed by atoms with van der Waals surface area (Å²) in [6.07, 6.45) is 1.24. The van der Waals surface area contributed by atoms with Crippen molar-refractivity contribution in [2.45, 2.75) is 6.54 Å². The second kappa shape index (κ2) is 5.21. The van der Waals surface area contributed by atoms with Gasteiger partial charge >= 0.3 is 5.97 Å². The molecule has 0 aliphatic heterocycles. The summed E-state index contributed by atoms with van der Waals surface area (Å²) in [5, 5.41) is 21.1. The van der Waals surface area contributed by atoms with E-state index in [-0.39, 0.29) is 17.8 Å². The average Bonchev–Trinajstić information content (AvgIpc) is 2.84. The number of nitrogens with zero attached hydrogens (tertiary/aromatic N) is 4. The average molecular weight is 265 g/mol. The summed E-state index contributed by atoms with van der Waals surface area (Å²) in [5.41, 5.74) is -0.306. The fourth-order valence-electron chi connectivity index (χ4n) is 1.34. The van der Waals surface area contributed by atoms with Crippen molar-refractivity contribution in [3.63, 3.8) is 0 Å². The number of rotatable bonds is 4. The maximum Gasteiger partial charge on any atom is 0.335 e. The zero-order chi connectivity index (χ0) is 13.8. The van der Waals surface area contributed by atoms with Gasteiger partial charge in [-0.05, 0) is 28.6 Å². The third kappa shape index (κ3) is 3.09. The van der Waals surface area contributed by atoms with Crippen LogP contribution in [0.4, 0.5) is 10.1 Å². The van der Waals surface area contributed by atoms with Crippen molar-refractivity contribution < 1.29 is 19.1 Å². The highest BCUT2D eigenvalue weighted by Crippen LogP contribution is 2.15. The SMILES string of the molecule is O=C(Cn1cnnn1)Nc1ccc(C(=O)O)cc1F. The second-order valence-corrected chi connectivity index (χ2v) is 3.56. The number of aromatic nitrogens is 4. The van der Waals surface area contributed by atoms with Crippen molar-refractivity contribution in [2.75, 3.05) is 5.32 Å². The van der Waals surface area contributed by atoms with Crippen LogP contribution >= 0.6 is 0 Å². The number of carbonyl (C=O) groups is 2. The number of tetrazole rings is 1. The van der Waals surface area contributed by atoms with Gasteiger partial charge in [0.1, 0.15) is 18.7 Å². The van der Waals surface area contributed by atoms with E-state index in [9.17, 15) is 14.0 Å². The Bertz CT molecular complexity index is 614. The number of carbonyl (C=O) groups excluding carboxylic acids is 1. The Kier molecular flexibility index (Phi) is 3.46. The van der Waals surface area contributed by atoms with E-state index in [4.69, 9.17) is 5.11 Å². The monoisotopic (exact) mass is 265 g/mol. The number of halogens is 1. The molecule has 2 rings (SSSR count). The van der Waals surface area contributed by atoms with Crippen molar-refractivity contribution in [3.05, 3.63) is 35.9 Å². The van der Waals surface area contributed by atoms with Crippen LogP contribution in [0.15, 0.2) is 24.5 Å². The van der Waals surface area contributed by atoms with Crippen LogP contribution in [-0.2, 0) is 11.3 Å². The van der Waals surface area contributed by atoms with E-state index < -0.39 is 17.7 Å². The predicted octanol–water partition coefficient (Wildman–Crippen LogP) is 0.149. The van der Waals surface area contributed by atoms with Gasteiger partial charge in [-0.15, -0.1) is 5.10 Å². The van der Waals surface area contributed by atoms with Gasteiger partial charge in [0.2, 0.25) is 5.91 Å². The van der Waals surface area contributed by atoms with Gasteiger partial charge in [0.05, 0.1) is 11.3 Å². The molecule has 8 nitrogen and oxygen atoms in total. The van der Waals surface area contributed by atoms with Crippen LogP contribution in [0.2, 0.25) is 0 Å². The number of aromatic carboxylic acids is 1. The third-order valence-corrected chi connectivity index (χ3v) is 2.19. The second-order valence-electron chi connectivity index (χ2n) is 3.56. The van der Waals surface area contributed by atoms with Crippen LogP contribution in [-0.4, -0.2) is 37.2 Å². The lowest BCUT2D eigenvalue weighted by molar-refractivity contribution is -0.117. The number of anilines is 1. The summed E-state index contributed by atoms with van der Waals surface area (Å²) < 4.78 is 14.7. The number of carboxylic acids is 1. The molecule has 0 unspecified atom stereocenters. The predicted molar refractivity (Wildman–Crippen MR) is 59.8 cm³/mol. The van der Waals surface area contributed by atoms with Gasteiger partial charge < -0.3 is 10.4 Å². The van der Waals surface area contributed by atoms with Crippen molar-refractivity contribution in [2.24, 2.45) is 0 Å². The van der Waals surface area contributed by atoms with Crippen molar-refractivity contribution in [1.82, 2.24) is 20.2 Å². The van der Waals surface area contributed by atoms with Crippen LogP contribution < -0.4 is 5.32 Å². The maximum atomic E-state index is 13.5. The van der Waals surface area contributed by atoms with Crippen LogP contribution in [0.1, 0.15) is 10.4 Å². The molecule has 0 aliphatic carbocycles. The van der Waals surface area contributed by atoms with E-state index >= 15 is 0 Å². The molecule has 9 heteroatoms. The number of amides is 1. The Balaban J connectivity index is 2.07. The smallest absolute Gasteiger partial charge is 0.335 e. The fourth-order valence-corrected chi connectivity index (χ4v) is 1.34. The Morgan fingerprint density at radius 3 is 2.79 bits per heavy atom. The molecule has 2 N–H and O–H groups in total. The molecule has 1 aromatic carbocycles. The maximum absolute atomic E-state index is 13.5. The zero-order valence-electron chi connectivity index (χ0n) is 9.45. The molecule has 1 amide bonds. The van der Waals surface area contributed by atoms with Gasteiger partial charge in [-0.25, -0.2) is 13.9 Å². The van der Waals surface area contributed by atoms with Gasteiger partial charge in [0.25, 0.3) is 0 Å². The molecule has 0 atom stereocenters. The molecule has 0 spiro atoms. The minimum absolute atomic E-state index is 0.108. The standard InChI is InChI=1S/C10H8FN5O3/c11-7-3-6(10(18)19)1-2-8(7)13-9(17)4-16-5-12-14-15-16/h1-3,5H,4H2,(H,13,17)(H,18,19). The topological polar surface area (TPSA) is 110 Å². The van der Waals surface area contributed by atoms with Crippen LogP contribution in [0.25, 0.3) is 0 Å². The highest BCUT2D eigenvalue weighted by atomic mass is 19.1. The summed E-state index contributed by atoms with van der Waals surface area (Å²) in [6, 6.07) is 3.20. The van der Waals surface area contributed by atoms with E-state index in [2.05, 4.69) is 20.8 Å². The molecule has 19 heavy (non-hydrogen) atoms. The molecule has 0 radical (unpaired) electrons. The van der Waals surface area contributed by atoms with E-state index in [1.165, 1.54) is 23.1 Å². The lowest BCUT2D eigenvalue weighted by Crippen LogP contribution is -2.20. The first-order valence-electron chi connectivity index (χ1n) is 5.10. The Morgan fingerprint density at radius 1 is 1.42 bits per heavy atom. The van der Waals surface area contributed by atoms with Crippen molar-refractivity contribution in [1.29, 1.82) is 0 Å². The Hall–Kier alpha value is -2.84. The van der Waals surface area contributed by atoms with Gasteiger partial charge in [-0.3, -0.25) is 4.79 Å². The summed E-state index contributed by atoms with van der Waals surface area (Å²) in [6.45, 7) is -0.173. The highest BCUT2D eigenvalue weighted by Gasteiger charge is 2.11. The van der Waals surface area contributed by atoms with E-state index in [0.29, 0.717) is 0 Å². The molecule has 0 bridgehead atoms. The largest absolute Gasteiger partial charge is 0.478 e. The van der Waals surface area contributed by atoms with Crippen LogP contribution in [0, 0.1) is 5.82 Å². The summed E-state index contributed by atoms with van der Waals surface area (Å²) >= 11 is 0. The Labute approximate surface area is 105 Å². The van der Waals surface area contributed by atoms with Crippen molar-refractivity contribution in [3.8, 4) is 0 Å². The molecule has 2 aromatic rings. The van der Waals surface area contributed by atoms with E-state index in [1.807, 2.05) is 0 Å². The number of nitrogens with one attached hydrogen (secondary N) is 1. The zero-order valence-corrected chi connectivity index (χ0v) is 9.45.